The molecule has 1 aromatic rings. The number of methoxy groups -OCH3 is 1. The number of rotatable bonds is 6. The van der Waals surface area contributed by atoms with Crippen LogP contribution in [0.1, 0.15) is 52.5 Å². The van der Waals surface area contributed by atoms with E-state index in [1.165, 1.54) is 5.56 Å². The Morgan fingerprint density at radius 2 is 1.91 bits per heavy atom. The largest absolute Gasteiger partial charge is 0.497 e. The van der Waals surface area contributed by atoms with Crippen LogP contribution in [0.5, 0.6) is 5.75 Å². The third kappa shape index (κ3) is 4.75. The number of carbonyl (C=O) groups excluding carboxylic acids is 1. The van der Waals surface area contributed by atoms with E-state index in [4.69, 9.17) is 9.47 Å². The summed E-state index contributed by atoms with van der Waals surface area (Å²) >= 11 is 0. The number of aryl methyl sites for hydroxylation is 1. The number of hydrogen-bond acceptors (Lipinski definition) is 3. The predicted molar refractivity (Wildman–Crippen MR) is 88.0 cm³/mol. The van der Waals surface area contributed by atoms with Crippen molar-refractivity contribution < 1.29 is 14.3 Å². The fourth-order valence-electron chi connectivity index (χ4n) is 3.01. The molecule has 122 valence electrons. The van der Waals surface area contributed by atoms with Crippen LogP contribution in [-0.2, 0) is 16.0 Å². The smallest absolute Gasteiger partial charge is 0.306 e. The molecule has 2 unspecified atom stereocenters. The molecule has 0 saturated heterocycles. The average Bonchev–Trinajstić information content (AvgIpc) is 3.04. The van der Waals surface area contributed by atoms with Crippen molar-refractivity contribution in [3.63, 3.8) is 0 Å². The van der Waals surface area contributed by atoms with Crippen LogP contribution in [0.15, 0.2) is 24.3 Å². The molecule has 0 amide bonds. The van der Waals surface area contributed by atoms with Crippen molar-refractivity contribution in [2.75, 3.05) is 7.11 Å². The van der Waals surface area contributed by atoms with Crippen LogP contribution in [0.4, 0.5) is 0 Å². The van der Waals surface area contributed by atoms with Crippen molar-refractivity contribution in [3.05, 3.63) is 29.8 Å². The molecule has 0 bridgehead atoms. The Hall–Kier alpha value is -1.51. The van der Waals surface area contributed by atoms with Gasteiger partial charge in [-0.3, -0.25) is 4.79 Å². The molecular formula is C19H28O3. The lowest BCUT2D eigenvalue weighted by Crippen LogP contribution is -2.25. The summed E-state index contributed by atoms with van der Waals surface area (Å²) in [7, 11) is 1.68. The monoisotopic (exact) mass is 304 g/mol. The summed E-state index contributed by atoms with van der Waals surface area (Å²) in [6.45, 7) is 7.96. The van der Waals surface area contributed by atoms with Crippen LogP contribution < -0.4 is 4.74 Å². The molecule has 2 rings (SSSR count). The fourth-order valence-corrected chi connectivity index (χ4v) is 3.01. The highest BCUT2D eigenvalue weighted by molar-refractivity contribution is 5.71. The minimum absolute atomic E-state index is 0.0676. The van der Waals surface area contributed by atoms with Crippen molar-refractivity contribution in [2.45, 2.75) is 59.0 Å². The van der Waals surface area contributed by atoms with Crippen LogP contribution >= 0.6 is 0 Å². The summed E-state index contributed by atoms with van der Waals surface area (Å²) in [6, 6.07) is 8.24. The molecule has 0 aliphatic heterocycles. The van der Waals surface area contributed by atoms with Crippen molar-refractivity contribution in [3.8, 4) is 5.75 Å². The Labute approximate surface area is 134 Å². The first-order valence-electron chi connectivity index (χ1n) is 8.07. The molecular weight excluding hydrogens is 276 g/mol. The minimum atomic E-state index is -0.388. The molecule has 1 aliphatic carbocycles. The standard InChI is InChI=1S/C19H28O3/c1-18(2,3)22-17(20)13-19(4)12-15(19)9-6-14-7-10-16(21-5)11-8-14/h7-8,10-11,15H,6,9,12-13H2,1-5H3. The van der Waals surface area contributed by atoms with Gasteiger partial charge in [0.2, 0.25) is 0 Å². The third-order valence-electron chi connectivity index (χ3n) is 4.45. The molecule has 1 aliphatic rings. The van der Waals surface area contributed by atoms with Gasteiger partial charge in [-0.25, -0.2) is 0 Å². The summed E-state index contributed by atoms with van der Waals surface area (Å²) < 4.78 is 10.6. The highest BCUT2D eigenvalue weighted by Gasteiger charge is 2.50. The van der Waals surface area contributed by atoms with Gasteiger partial charge in [0, 0.05) is 0 Å². The van der Waals surface area contributed by atoms with Gasteiger partial charge in [0.1, 0.15) is 11.4 Å². The number of ether oxygens (including phenoxy) is 2. The summed E-state index contributed by atoms with van der Waals surface area (Å²) in [5.41, 5.74) is 1.07. The van der Waals surface area contributed by atoms with E-state index in [-0.39, 0.29) is 17.0 Å². The van der Waals surface area contributed by atoms with E-state index in [0.717, 1.165) is 25.0 Å². The molecule has 0 heterocycles. The summed E-state index contributed by atoms with van der Waals surface area (Å²) in [5.74, 6) is 1.45. The second kappa shape index (κ2) is 6.31. The number of hydrogen-bond donors (Lipinski definition) is 0. The molecule has 3 nitrogen and oxygen atoms in total. The second-order valence-electron chi connectivity index (χ2n) is 7.71. The lowest BCUT2D eigenvalue weighted by molar-refractivity contribution is -0.156. The van der Waals surface area contributed by atoms with Gasteiger partial charge in [0.05, 0.1) is 13.5 Å². The number of esters is 1. The molecule has 0 N–H and O–H groups in total. The van der Waals surface area contributed by atoms with Gasteiger partial charge in [-0.05, 0) is 69.1 Å². The quantitative estimate of drug-likeness (QED) is 0.731. The molecule has 0 aromatic heterocycles. The van der Waals surface area contributed by atoms with Crippen molar-refractivity contribution in [1.82, 2.24) is 0 Å². The summed E-state index contributed by atoms with van der Waals surface area (Å²) in [5, 5.41) is 0. The van der Waals surface area contributed by atoms with E-state index < -0.39 is 0 Å². The highest BCUT2D eigenvalue weighted by atomic mass is 16.6. The molecule has 1 aromatic carbocycles. The van der Waals surface area contributed by atoms with Crippen molar-refractivity contribution in [2.24, 2.45) is 11.3 Å². The van der Waals surface area contributed by atoms with E-state index >= 15 is 0 Å². The molecule has 0 spiro atoms. The molecule has 1 fully saturated rings. The lowest BCUT2D eigenvalue weighted by Gasteiger charge is -2.21. The predicted octanol–water partition coefficient (Wildman–Crippen LogP) is 4.39. The lowest BCUT2D eigenvalue weighted by atomic mass is 9.98. The van der Waals surface area contributed by atoms with Gasteiger partial charge >= 0.3 is 5.97 Å². The summed E-state index contributed by atoms with van der Waals surface area (Å²) in [4.78, 5) is 12.0. The maximum atomic E-state index is 12.0. The van der Waals surface area contributed by atoms with Gasteiger partial charge in [-0.2, -0.15) is 0 Å². The van der Waals surface area contributed by atoms with Gasteiger partial charge in [-0.1, -0.05) is 19.1 Å². The van der Waals surface area contributed by atoms with Crippen LogP contribution in [0.3, 0.4) is 0 Å². The van der Waals surface area contributed by atoms with Crippen LogP contribution in [0, 0.1) is 11.3 Å². The first kappa shape index (κ1) is 16.9. The van der Waals surface area contributed by atoms with Crippen LogP contribution in [-0.4, -0.2) is 18.7 Å². The van der Waals surface area contributed by atoms with E-state index in [1.807, 2.05) is 32.9 Å². The molecule has 1 saturated carbocycles. The fraction of sp³-hybridized carbons (Fsp3) is 0.632. The topological polar surface area (TPSA) is 35.5 Å². The van der Waals surface area contributed by atoms with Gasteiger partial charge in [0.25, 0.3) is 0 Å². The van der Waals surface area contributed by atoms with Gasteiger partial charge < -0.3 is 9.47 Å². The van der Waals surface area contributed by atoms with Gasteiger partial charge in [0.15, 0.2) is 0 Å². The molecule has 22 heavy (non-hydrogen) atoms. The van der Waals surface area contributed by atoms with E-state index in [1.54, 1.807) is 7.11 Å². The average molecular weight is 304 g/mol. The van der Waals surface area contributed by atoms with E-state index in [0.29, 0.717) is 12.3 Å². The first-order valence-corrected chi connectivity index (χ1v) is 8.07. The Balaban J connectivity index is 1.77. The zero-order chi connectivity index (χ0) is 16.4. The van der Waals surface area contributed by atoms with Crippen LogP contribution in [0.2, 0.25) is 0 Å². The Kier molecular flexibility index (Phi) is 4.84. The molecule has 3 heteroatoms. The second-order valence-corrected chi connectivity index (χ2v) is 7.71. The Bertz CT molecular complexity index is 512. The highest BCUT2D eigenvalue weighted by Crippen LogP contribution is 2.57. The number of benzene rings is 1. The minimum Gasteiger partial charge on any atom is -0.497 e. The first-order chi connectivity index (χ1) is 10.2. The zero-order valence-electron chi connectivity index (χ0n) is 14.4. The number of carbonyl (C=O) groups is 1. The third-order valence-corrected chi connectivity index (χ3v) is 4.45. The Morgan fingerprint density at radius 1 is 1.27 bits per heavy atom. The maximum absolute atomic E-state index is 12.0. The van der Waals surface area contributed by atoms with Crippen molar-refractivity contribution >= 4 is 5.97 Å². The molecule has 2 atom stereocenters. The van der Waals surface area contributed by atoms with E-state index in [9.17, 15) is 4.79 Å². The van der Waals surface area contributed by atoms with E-state index in [2.05, 4.69) is 19.1 Å². The zero-order valence-corrected chi connectivity index (χ0v) is 14.4. The Morgan fingerprint density at radius 3 is 2.45 bits per heavy atom. The van der Waals surface area contributed by atoms with Gasteiger partial charge in [-0.15, -0.1) is 0 Å². The SMILES string of the molecule is COc1ccc(CCC2CC2(C)CC(=O)OC(C)(C)C)cc1. The normalized spacial score (nSPS) is 24.0. The maximum Gasteiger partial charge on any atom is 0.306 e. The van der Waals surface area contributed by atoms with Crippen LogP contribution in [0.25, 0.3) is 0 Å². The summed E-state index contributed by atoms with van der Waals surface area (Å²) in [6.07, 6.45) is 3.85. The van der Waals surface area contributed by atoms with Crippen molar-refractivity contribution in [1.29, 1.82) is 0 Å². The molecule has 0 radical (unpaired) electrons.